The fourth-order valence-electron chi connectivity index (χ4n) is 2.95. The van der Waals surface area contributed by atoms with Crippen LogP contribution in [0.25, 0.3) is 10.2 Å². The topological polar surface area (TPSA) is 69.9 Å². The van der Waals surface area contributed by atoms with Gasteiger partial charge in [0.1, 0.15) is 5.75 Å². The molecule has 0 aliphatic carbocycles. The molecule has 2 aromatic carbocycles. The van der Waals surface area contributed by atoms with Gasteiger partial charge in [-0.3, -0.25) is 4.79 Å². The summed E-state index contributed by atoms with van der Waals surface area (Å²) in [5.74, 6) is 2.46. The Morgan fingerprint density at radius 1 is 1.16 bits per heavy atom. The highest BCUT2D eigenvalue weighted by molar-refractivity contribution is 7.16. The van der Waals surface area contributed by atoms with Crippen LogP contribution in [0.5, 0.6) is 5.75 Å². The number of terminal acetylenes is 1. The van der Waals surface area contributed by atoms with E-state index in [4.69, 9.17) is 15.9 Å². The van der Waals surface area contributed by atoms with Crippen molar-refractivity contribution in [2.24, 2.45) is 4.99 Å². The lowest BCUT2D eigenvalue weighted by atomic mass is 10.2. The summed E-state index contributed by atoms with van der Waals surface area (Å²) in [6.07, 6.45) is 7.52. The van der Waals surface area contributed by atoms with Gasteiger partial charge in [-0.2, -0.15) is 4.99 Å². The number of aromatic nitrogens is 1. The highest BCUT2D eigenvalue weighted by Crippen LogP contribution is 2.20. The molecular formula is C24H24N2O4S. The first-order valence-electron chi connectivity index (χ1n) is 10.1. The van der Waals surface area contributed by atoms with Crippen LogP contribution in [0.15, 0.2) is 47.5 Å². The van der Waals surface area contributed by atoms with Crippen LogP contribution in [-0.4, -0.2) is 29.7 Å². The molecule has 0 N–H and O–H groups in total. The summed E-state index contributed by atoms with van der Waals surface area (Å²) >= 11 is 1.30. The number of ether oxygens (including phenoxy) is 2. The predicted octanol–water partition coefficient (Wildman–Crippen LogP) is 4.43. The zero-order chi connectivity index (χ0) is 22.2. The van der Waals surface area contributed by atoms with Gasteiger partial charge in [0.05, 0.1) is 35.5 Å². The van der Waals surface area contributed by atoms with E-state index in [1.54, 1.807) is 47.9 Å². The minimum Gasteiger partial charge on any atom is -0.494 e. The molecule has 6 nitrogen and oxygen atoms in total. The normalized spacial score (nSPS) is 11.3. The number of hydrogen-bond donors (Lipinski definition) is 0. The average Bonchev–Trinajstić information content (AvgIpc) is 3.11. The van der Waals surface area contributed by atoms with Crippen molar-refractivity contribution in [2.75, 3.05) is 13.2 Å². The van der Waals surface area contributed by atoms with Gasteiger partial charge in [-0.1, -0.05) is 36.7 Å². The number of esters is 1. The molecule has 160 valence electrons. The number of amides is 1. The van der Waals surface area contributed by atoms with Crippen molar-refractivity contribution in [3.8, 4) is 18.1 Å². The highest BCUT2D eigenvalue weighted by Gasteiger charge is 2.13. The average molecular weight is 437 g/mol. The maximum atomic E-state index is 12.8. The highest BCUT2D eigenvalue weighted by atomic mass is 32.1. The number of benzene rings is 2. The van der Waals surface area contributed by atoms with Crippen LogP contribution in [0.2, 0.25) is 0 Å². The second kappa shape index (κ2) is 10.6. The number of carbonyl (C=O) groups excluding carboxylic acids is 2. The van der Waals surface area contributed by atoms with Gasteiger partial charge in [0, 0.05) is 5.56 Å². The lowest BCUT2D eigenvalue weighted by Crippen LogP contribution is -2.16. The maximum absolute atomic E-state index is 12.8. The molecule has 0 spiro atoms. The van der Waals surface area contributed by atoms with Gasteiger partial charge < -0.3 is 14.0 Å². The first kappa shape index (κ1) is 22.3. The molecule has 3 rings (SSSR count). The summed E-state index contributed by atoms with van der Waals surface area (Å²) < 4.78 is 13.3. The van der Waals surface area contributed by atoms with E-state index in [0.29, 0.717) is 34.9 Å². The number of thiazole rings is 1. The molecule has 31 heavy (non-hydrogen) atoms. The Morgan fingerprint density at radius 3 is 2.74 bits per heavy atom. The minimum absolute atomic E-state index is 0.255. The minimum atomic E-state index is -0.393. The van der Waals surface area contributed by atoms with Crippen molar-refractivity contribution in [2.45, 2.75) is 33.2 Å². The number of unbranched alkanes of at least 4 members (excludes halogenated alkanes) is 1. The van der Waals surface area contributed by atoms with Gasteiger partial charge in [-0.25, -0.2) is 4.79 Å². The van der Waals surface area contributed by atoms with E-state index in [-0.39, 0.29) is 12.5 Å². The van der Waals surface area contributed by atoms with E-state index in [2.05, 4.69) is 17.8 Å². The smallest absolute Gasteiger partial charge is 0.338 e. The number of fused-ring (bicyclic) bond motifs is 1. The van der Waals surface area contributed by atoms with E-state index >= 15 is 0 Å². The number of carbonyl (C=O) groups is 2. The van der Waals surface area contributed by atoms with E-state index < -0.39 is 5.97 Å². The fraction of sp³-hybridized carbons (Fsp3) is 0.292. The van der Waals surface area contributed by atoms with Crippen molar-refractivity contribution < 1.29 is 19.1 Å². The van der Waals surface area contributed by atoms with Crippen LogP contribution in [0.4, 0.5) is 0 Å². The fourth-order valence-corrected chi connectivity index (χ4v) is 4.02. The Balaban J connectivity index is 1.97. The molecule has 0 radical (unpaired) electrons. The summed E-state index contributed by atoms with van der Waals surface area (Å²) in [5.41, 5.74) is 1.68. The van der Waals surface area contributed by atoms with Crippen molar-refractivity contribution in [1.29, 1.82) is 0 Å². The number of rotatable bonds is 8. The number of nitrogens with zero attached hydrogens (tertiary/aromatic N) is 2. The molecule has 7 heteroatoms. The van der Waals surface area contributed by atoms with Gasteiger partial charge in [0.25, 0.3) is 5.91 Å². The van der Waals surface area contributed by atoms with Crippen LogP contribution < -0.4 is 9.54 Å². The first-order chi connectivity index (χ1) is 15.1. The van der Waals surface area contributed by atoms with Crippen LogP contribution in [-0.2, 0) is 11.3 Å². The van der Waals surface area contributed by atoms with Gasteiger partial charge in [-0.15, -0.1) is 6.42 Å². The summed E-state index contributed by atoms with van der Waals surface area (Å²) in [6.45, 7) is 5.01. The zero-order valence-electron chi connectivity index (χ0n) is 17.6. The molecule has 0 aliphatic rings. The molecule has 0 unspecified atom stereocenters. The third kappa shape index (κ3) is 5.41. The predicted molar refractivity (Wildman–Crippen MR) is 121 cm³/mol. The molecule has 1 amide bonds. The summed E-state index contributed by atoms with van der Waals surface area (Å²) in [5, 5.41) is 0. The van der Waals surface area contributed by atoms with Crippen LogP contribution in [0.3, 0.4) is 0 Å². The van der Waals surface area contributed by atoms with Crippen molar-refractivity contribution in [1.82, 2.24) is 4.57 Å². The molecule has 0 atom stereocenters. The third-order valence-electron chi connectivity index (χ3n) is 4.49. The second-order valence-corrected chi connectivity index (χ2v) is 7.73. The number of hydrogen-bond acceptors (Lipinski definition) is 5. The van der Waals surface area contributed by atoms with Crippen LogP contribution in [0.1, 0.15) is 47.4 Å². The SMILES string of the molecule is C#CCn1c(=NC(=O)c2cccc(OCCCC)c2)sc2cc(C(=O)OCC)ccc21. The largest absolute Gasteiger partial charge is 0.494 e. The Hall–Kier alpha value is -3.37. The lowest BCUT2D eigenvalue weighted by molar-refractivity contribution is 0.0526. The van der Waals surface area contributed by atoms with E-state index in [1.165, 1.54) is 11.3 Å². The standard InChI is InChI=1S/C24H24N2O4S/c1-4-7-14-30-19-10-8-9-17(15-19)22(27)25-24-26(13-5-2)20-12-11-18(16-21(20)31-24)23(28)29-6-3/h2,8-12,15-16H,4,6-7,13-14H2,1,3H3. The van der Waals surface area contributed by atoms with Gasteiger partial charge in [-0.05, 0) is 49.7 Å². The molecule has 1 heterocycles. The molecule has 0 bridgehead atoms. The zero-order valence-corrected chi connectivity index (χ0v) is 18.4. The molecule has 3 aromatic rings. The van der Waals surface area contributed by atoms with Gasteiger partial charge in [0.15, 0.2) is 4.80 Å². The van der Waals surface area contributed by atoms with Crippen molar-refractivity contribution >= 4 is 33.4 Å². The van der Waals surface area contributed by atoms with Crippen molar-refractivity contribution in [3.05, 3.63) is 58.4 Å². The molecule has 1 aromatic heterocycles. The van der Waals surface area contributed by atoms with Gasteiger partial charge in [0.2, 0.25) is 0 Å². The Morgan fingerprint density at radius 2 is 2.00 bits per heavy atom. The first-order valence-corrected chi connectivity index (χ1v) is 10.9. The molecule has 0 saturated carbocycles. The Bertz CT molecular complexity index is 1200. The molecule has 0 saturated heterocycles. The lowest BCUT2D eigenvalue weighted by Gasteiger charge is -2.06. The van der Waals surface area contributed by atoms with Crippen molar-refractivity contribution in [3.63, 3.8) is 0 Å². The second-order valence-electron chi connectivity index (χ2n) is 6.72. The molecular weight excluding hydrogens is 412 g/mol. The van der Waals surface area contributed by atoms with E-state index in [1.807, 2.05) is 6.07 Å². The van der Waals surface area contributed by atoms with Crippen LogP contribution in [0, 0.1) is 12.3 Å². The van der Waals surface area contributed by atoms with Gasteiger partial charge >= 0.3 is 5.97 Å². The monoisotopic (exact) mass is 436 g/mol. The quantitative estimate of drug-likeness (QED) is 0.298. The molecule has 0 fully saturated rings. The summed E-state index contributed by atoms with van der Waals surface area (Å²) in [7, 11) is 0. The summed E-state index contributed by atoms with van der Waals surface area (Å²) in [6, 6.07) is 12.2. The Kier molecular flexibility index (Phi) is 7.63. The summed E-state index contributed by atoms with van der Waals surface area (Å²) in [4.78, 5) is 29.7. The Labute approximate surface area is 185 Å². The molecule has 0 aliphatic heterocycles. The maximum Gasteiger partial charge on any atom is 0.338 e. The van der Waals surface area contributed by atoms with E-state index in [0.717, 1.165) is 23.1 Å². The van der Waals surface area contributed by atoms with Crippen LogP contribution >= 0.6 is 11.3 Å². The van der Waals surface area contributed by atoms with E-state index in [9.17, 15) is 9.59 Å². The third-order valence-corrected chi connectivity index (χ3v) is 5.53.